The molecular weight excluding hydrogens is 509 g/mol. The van der Waals surface area contributed by atoms with E-state index in [0.29, 0.717) is 0 Å². The van der Waals surface area contributed by atoms with E-state index in [-0.39, 0.29) is 0 Å². The molecule has 3 aliphatic carbocycles. The minimum absolute atomic E-state index is 0.832. The Morgan fingerprint density at radius 2 is 1.77 bits per heavy atom. The summed E-state index contributed by atoms with van der Waals surface area (Å²) < 4.78 is 5.86. The minimum atomic E-state index is -2.78. The first-order valence-corrected chi connectivity index (χ1v) is 17.7. The zero-order chi connectivity index (χ0) is 17.7. The van der Waals surface area contributed by atoms with Gasteiger partial charge in [-0.2, -0.15) is 0 Å². The molecule has 0 heterocycles. The number of rotatable bonds is 5. The fourth-order valence-corrected chi connectivity index (χ4v) is 24.2. The molecule has 0 aliphatic heterocycles. The predicted molar refractivity (Wildman–Crippen MR) is 116 cm³/mol. The van der Waals surface area contributed by atoms with Gasteiger partial charge in [0, 0.05) is 0 Å². The molecule has 0 N–H and O–H groups in total. The third kappa shape index (κ3) is 3.85. The summed E-state index contributed by atoms with van der Waals surface area (Å²) in [5, 5.41) is 0. The molecule has 3 aliphatic rings. The van der Waals surface area contributed by atoms with E-state index in [2.05, 4.69) is 72.9 Å². The summed E-state index contributed by atoms with van der Waals surface area (Å²) in [6.45, 7) is 0. The SMILES string of the molecule is C1=C[C]([Po]([CH2]C2CC=CCC2)([c]2ccccc2)[CH]2C=CCCC2)=CCC1. The van der Waals surface area contributed by atoms with Gasteiger partial charge in [-0.25, -0.2) is 0 Å². The van der Waals surface area contributed by atoms with Crippen molar-refractivity contribution in [2.75, 3.05) is 0 Å². The molecule has 3 atom stereocenters. The van der Waals surface area contributed by atoms with Gasteiger partial charge in [0.05, 0.1) is 0 Å². The first kappa shape index (κ1) is 18.4. The van der Waals surface area contributed by atoms with Crippen LogP contribution in [0.3, 0.4) is 0 Å². The molecule has 0 spiro atoms. The normalized spacial score (nSPS) is 29.0. The zero-order valence-corrected chi connectivity index (χ0v) is 19.0. The first-order chi connectivity index (χ1) is 12.9. The fraction of sp³-hybridized carbons (Fsp3) is 0.440. The summed E-state index contributed by atoms with van der Waals surface area (Å²) in [5.74, 6) is 0.891. The monoisotopic (exact) mass is 541 g/mol. The van der Waals surface area contributed by atoms with Crippen LogP contribution in [0.4, 0.5) is 0 Å². The second-order valence-electron chi connectivity index (χ2n) is 7.91. The zero-order valence-electron chi connectivity index (χ0n) is 15.9. The van der Waals surface area contributed by atoms with E-state index in [1.165, 1.54) is 55.4 Å². The number of hydrogen-bond acceptors (Lipinski definition) is 0. The van der Waals surface area contributed by atoms with Gasteiger partial charge in [0.25, 0.3) is 0 Å². The van der Waals surface area contributed by atoms with Crippen LogP contribution < -0.4 is 3.22 Å². The summed E-state index contributed by atoms with van der Waals surface area (Å²) in [4.78, 5) is 0. The molecule has 4 rings (SSSR count). The Labute approximate surface area is 164 Å². The summed E-state index contributed by atoms with van der Waals surface area (Å²) in [6.07, 6.45) is 28.2. The van der Waals surface area contributed by atoms with Crippen LogP contribution in [0.25, 0.3) is 0 Å². The van der Waals surface area contributed by atoms with Crippen molar-refractivity contribution in [2.24, 2.45) is 5.92 Å². The first-order valence-electron chi connectivity index (χ1n) is 10.4. The number of benzene rings is 1. The Bertz CT molecular complexity index is 709. The molecule has 0 saturated carbocycles. The summed E-state index contributed by atoms with van der Waals surface area (Å²) >= 11 is -2.78. The Hall–Kier alpha value is -0.924. The maximum absolute atomic E-state index is 2.78. The third-order valence-electron chi connectivity index (χ3n) is 6.15. The van der Waals surface area contributed by atoms with Gasteiger partial charge in [-0.3, -0.25) is 0 Å². The van der Waals surface area contributed by atoms with E-state index in [9.17, 15) is 0 Å². The van der Waals surface area contributed by atoms with E-state index >= 15 is 0 Å². The molecule has 0 saturated heterocycles. The van der Waals surface area contributed by atoms with Crippen molar-refractivity contribution in [3.8, 4) is 0 Å². The topological polar surface area (TPSA) is 0 Å². The Morgan fingerprint density at radius 3 is 2.46 bits per heavy atom. The van der Waals surface area contributed by atoms with E-state index in [1.807, 2.05) is 0 Å². The Morgan fingerprint density at radius 1 is 0.846 bits per heavy atom. The molecule has 3 unspecified atom stereocenters. The van der Waals surface area contributed by atoms with Crippen molar-refractivity contribution in [3.63, 3.8) is 0 Å². The van der Waals surface area contributed by atoms with Gasteiger partial charge in [-0.05, 0) is 0 Å². The summed E-state index contributed by atoms with van der Waals surface area (Å²) in [5.41, 5.74) is 0. The second kappa shape index (κ2) is 8.84. The predicted octanol–water partition coefficient (Wildman–Crippen LogP) is 6.62. The second-order valence-corrected chi connectivity index (χ2v) is 21.4. The average molecular weight is 542 g/mol. The van der Waals surface area contributed by atoms with Gasteiger partial charge < -0.3 is 0 Å². The van der Waals surface area contributed by atoms with Gasteiger partial charge >= 0.3 is 165 Å². The van der Waals surface area contributed by atoms with Crippen LogP contribution in [0.5, 0.6) is 0 Å². The van der Waals surface area contributed by atoms with Crippen LogP contribution in [0.1, 0.15) is 51.4 Å². The van der Waals surface area contributed by atoms with Gasteiger partial charge in [-0.15, -0.1) is 0 Å². The van der Waals surface area contributed by atoms with Crippen molar-refractivity contribution >= 4 is 23.8 Å². The van der Waals surface area contributed by atoms with Crippen molar-refractivity contribution in [1.29, 1.82) is 0 Å². The number of allylic oxidation sites excluding steroid dienone is 8. The van der Waals surface area contributed by atoms with Crippen molar-refractivity contribution in [2.45, 2.75) is 59.0 Å². The van der Waals surface area contributed by atoms with Crippen LogP contribution in [-0.2, 0) is 0 Å². The standard InChI is InChI=1S/C7H11.C6H9.C6H7.C6H5.Po/c1-7-5-3-2-4-6-7;3*1-2-4-6-5-3-1;/h2-3,7H,1,4-6H2;1-3H,4-6H2;1-2,6H,3,5H2;1-5H;. The third-order valence-corrected chi connectivity index (χ3v) is 24.3. The molecule has 26 heavy (non-hydrogen) atoms. The van der Waals surface area contributed by atoms with Crippen LogP contribution in [-0.4, -0.2) is 20.6 Å². The molecule has 138 valence electrons. The molecule has 0 radical (unpaired) electrons. The molecule has 1 aromatic rings. The van der Waals surface area contributed by atoms with E-state index < -0.39 is 20.6 Å². The quantitative estimate of drug-likeness (QED) is 0.368. The Balaban J connectivity index is 1.82. The van der Waals surface area contributed by atoms with Gasteiger partial charge in [0.1, 0.15) is 0 Å². The Kier molecular flexibility index (Phi) is 6.27. The van der Waals surface area contributed by atoms with E-state index in [4.69, 9.17) is 0 Å². The van der Waals surface area contributed by atoms with Crippen molar-refractivity contribution in [1.82, 2.24) is 0 Å². The van der Waals surface area contributed by atoms with Crippen molar-refractivity contribution in [3.05, 3.63) is 76.1 Å². The van der Waals surface area contributed by atoms with Crippen LogP contribution in [0.2, 0.25) is 7.66 Å². The van der Waals surface area contributed by atoms with Crippen LogP contribution in [0, 0.1) is 5.92 Å². The maximum atomic E-state index is 2.65. The summed E-state index contributed by atoms with van der Waals surface area (Å²) in [7, 11) is 0. The summed E-state index contributed by atoms with van der Waals surface area (Å²) in [6, 6.07) is 11.8. The molecule has 0 fully saturated rings. The molecule has 1 aromatic carbocycles. The molecule has 0 aromatic heterocycles. The fourth-order valence-electron chi connectivity index (χ4n) is 4.82. The molecular formula is C25H32Po. The average Bonchev–Trinajstić information content (AvgIpc) is 2.75. The van der Waals surface area contributed by atoms with Crippen molar-refractivity contribution < 1.29 is 0 Å². The van der Waals surface area contributed by atoms with Gasteiger partial charge in [-0.1, -0.05) is 0 Å². The molecule has 1 heteroatoms. The number of hydrogen-bond donors (Lipinski definition) is 0. The molecule has 0 nitrogen and oxygen atoms in total. The molecule has 0 amide bonds. The van der Waals surface area contributed by atoms with E-state index in [0.717, 1.165) is 9.49 Å². The van der Waals surface area contributed by atoms with E-state index in [1.54, 1.807) is 6.45 Å². The van der Waals surface area contributed by atoms with Crippen LogP contribution in [0.15, 0.2) is 76.1 Å². The van der Waals surface area contributed by atoms with Gasteiger partial charge in [0.2, 0.25) is 0 Å². The van der Waals surface area contributed by atoms with Gasteiger partial charge in [0.15, 0.2) is 0 Å². The molecule has 0 bridgehead atoms. The van der Waals surface area contributed by atoms with Crippen LogP contribution >= 0.6 is 0 Å².